The Morgan fingerprint density at radius 2 is 2.05 bits per heavy atom. The average molecular weight is 321 g/mol. The Kier molecular flexibility index (Phi) is 4.74. The summed E-state index contributed by atoms with van der Waals surface area (Å²) in [4.78, 5) is 8.84. The first-order chi connectivity index (χ1) is 9.17. The molecule has 0 saturated heterocycles. The zero-order valence-electron chi connectivity index (χ0n) is 11.1. The summed E-state index contributed by atoms with van der Waals surface area (Å²) in [6, 6.07) is 9.87. The topological polar surface area (TPSA) is 49.8 Å². The molecule has 0 aliphatic carbocycles. The number of rotatable bonds is 5. The van der Waals surface area contributed by atoms with Crippen LogP contribution in [0.2, 0.25) is 0 Å². The molecule has 0 aliphatic rings. The third-order valence-corrected chi connectivity index (χ3v) is 2.98. The number of benzene rings is 1. The third kappa shape index (κ3) is 4.21. The third-order valence-electron chi connectivity index (χ3n) is 2.49. The van der Waals surface area contributed by atoms with Crippen molar-refractivity contribution in [3.05, 3.63) is 40.5 Å². The van der Waals surface area contributed by atoms with E-state index in [2.05, 4.69) is 43.5 Å². The summed E-state index contributed by atoms with van der Waals surface area (Å²) < 4.78 is 1.02. The number of halogens is 1. The van der Waals surface area contributed by atoms with Gasteiger partial charge in [0, 0.05) is 28.5 Å². The van der Waals surface area contributed by atoms with Crippen molar-refractivity contribution < 1.29 is 0 Å². The van der Waals surface area contributed by atoms with Gasteiger partial charge >= 0.3 is 0 Å². The van der Waals surface area contributed by atoms with E-state index >= 15 is 0 Å². The van der Waals surface area contributed by atoms with Gasteiger partial charge in [0.15, 0.2) is 0 Å². The molecule has 4 nitrogen and oxygen atoms in total. The monoisotopic (exact) mass is 320 g/mol. The summed E-state index contributed by atoms with van der Waals surface area (Å²) in [5, 5.41) is 6.48. The highest BCUT2D eigenvalue weighted by molar-refractivity contribution is 9.10. The normalized spacial score (nSPS) is 10.3. The van der Waals surface area contributed by atoms with E-state index in [1.165, 1.54) is 0 Å². The Bertz CT molecular complexity index is 557. The molecule has 100 valence electrons. The van der Waals surface area contributed by atoms with Gasteiger partial charge in [0.1, 0.15) is 5.82 Å². The van der Waals surface area contributed by atoms with Crippen molar-refractivity contribution in [2.75, 3.05) is 17.2 Å². The van der Waals surface area contributed by atoms with Crippen LogP contribution in [0.25, 0.3) is 0 Å². The van der Waals surface area contributed by atoms with E-state index in [9.17, 15) is 0 Å². The Morgan fingerprint density at radius 3 is 2.79 bits per heavy atom. The smallest absolute Gasteiger partial charge is 0.229 e. The minimum Gasteiger partial charge on any atom is -0.370 e. The molecule has 0 amide bonds. The number of aryl methyl sites for hydroxylation is 1. The Hall–Kier alpha value is -1.62. The SMILES string of the molecule is CCCNc1cc(C)nc(Nc2cccc(Br)c2)n1. The number of anilines is 3. The van der Waals surface area contributed by atoms with Gasteiger partial charge in [-0.25, -0.2) is 4.98 Å². The van der Waals surface area contributed by atoms with Crippen LogP contribution in [0.15, 0.2) is 34.8 Å². The van der Waals surface area contributed by atoms with Gasteiger partial charge < -0.3 is 10.6 Å². The second-order valence-corrected chi connectivity index (χ2v) is 5.20. The zero-order valence-corrected chi connectivity index (χ0v) is 12.7. The molecule has 0 radical (unpaired) electrons. The predicted octanol–water partition coefficient (Wildman–Crippen LogP) is 4.11. The first kappa shape index (κ1) is 13.8. The quantitative estimate of drug-likeness (QED) is 0.870. The van der Waals surface area contributed by atoms with Crippen molar-refractivity contribution in [2.24, 2.45) is 0 Å². The first-order valence-corrected chi connectivity index (χ1v) is 7.09. The van der Waals surface area contributed by atoms with Crippen molar-refractivity contribution in [2.45, 2.75) is 20.3 Å². The molecule has 0 unspecified atom stereocenters. The highest BCUT2D eigenvalue weighted by Gasteiger charge is 2.02. The van der Waals surface area contributed by atoms with Crippen LogP contribution in [0.3, 0.4) is 0 Å². The summed E-state index contributed by atoms with van der Waals surface area (Å²) in [6.45, 7) is 5.00. The molecule has 5 heteroatoms. The molecule has 2 rings (SSSR count). The highest BCUT2D eigenvalue weighted by Crippen LogP contribution is 2.19. The standard InChI is InChI=1S/C14H17BrN4/c1-3-7-16-13-8-10(2)17-14(19-13)18-12-6-4-5-11(15)9-12/h4-6,8-9H,3,7H2,1-2H3,(H2,16,17,18,19). The van der Waals surface area contributed by atoms with Gasteiger partial charge in [-0.15, -0.1) is 0 Å². The van der Waals surface area contributed by atoms with Gasteiger partial charge in [-0.05, 0) is 31.5 Å². The highest BCUT2D eigenvalue weighted by atomic mass is 79.9. The number of nitrogens with one attached hydrogen (secondary N) is 2. The summed E-state index contributed by atoms with van der Waals surface area (Å²) in [5.41, 5.74) is 1.90. The maximum Gasteiger partial charge on any atom is 0.229 e. The van der Waals surface area contributed by atoms with E-state index in [1.54, 1.807) is 0 Å². The molecule has 0 saturated carbocycles. The fraction of sp³-hybridized carbons (Fsp3) is 0.286. The van der Waals surface area contributed by atoms with Gasteiger partial charge in [-0.2, -0.15) is 4.98 Å². The van der Waals surface area contributed by atoms with E-state index in [0.29, 0.717) is 5.95 Å². The Balaban J connectivity index is 2.17. The number of hydrogen-bond acceptors (Lipinski definition) is 4. The van der Waals surface area contributed by atoms with Crippen molar-refractivity contribution >= 4 is 33.4 Å². The second kappa shape index (κ2) is 6.52. The molecule has 1 heterocycles. The van der Waals surface area contributed by atoms with Crippen LogP contribution < -0.4 is 10.6 Å². The molecule has 0 aliphatic heterocycles. The number of hydrogen-bond donors (Lipinski definition) is 2. The molecule has 0 fully saturated rings. The fourth-order valence-corrected chi connectivity index (χ4v) is 2.06. The lowest BCUT2D eigenvalue weighted by Crippen LogP contribution is -2.06. The maximum absolute atomic E-state index is 4.45. The molecule has 2 N–H and O–H groups in total. The van der Waals surface area contributed by atoms with E-state index in [1.807, 2.05) is 37.3 Å². The summed E-state index contributed by atoms with van der Waals surface area (Å²) in [6.07, 6.45) is 1.07. The van der Waals surface area contributed by atoms with Crippen LogP contribution in [0.5, 0.6) is 0 Å². The molecule has 0 spiro atoms. The lowest BCUT2D eigenvalue weighted by Gasteiger charge is -2.09. The van der Waals surface area contributed by atoms with Gasteiger partial charge in [-0.1, -0.05) is 28.9 Å². The van der Waals surface area contributed by atoms with Crippen LogP contribution in [0.1, 0.15) is 19.0 Å². The minimum atomic E-state index is 0.608. The van der Waals surface area contributed by atoms with Gasteiger partial charge in [0.25, 0.3) is 0 Å². The zero-order chi connectivity index (χ0) is 13.7. The number of aromatic nitrogens is 2. The van der Waals surface area contributed by atoms with E-state index in [-0.39, 0.29) is 0 Å². The largest absolute Gasteiger partial charge is 0.370 e. The maximum atomic E-state index is 4.45. The molecule has 2 aromatic rings. The molecule has 19 heavy (non-hydrogen) atoms. The number of nitrogens with zero attached hydrogens (tertiary/aromatic N) is 2. The first-order valence-electron chi connectivity index (χ1n) is 6.29. The summed E-state index contributed by atoms with van der Waals surface area (Å²) >= 11 is 3.45. The minimum absolute atomic E-state index is 0.608. The predicted molar refractivity (Wildman–Crippen MR) is 83.0 cm³/mol. The van der Waals surface area contributed by atoms with E-state index in [4.69, 9.17) is 0 Å². The molecular weight excluding hydrogens is 304 g/mol. The fourth-order valence-electron chi connectivity index (χ4n) is 1.66. The van der Waals surface area contributed by atoms with Crippen LogP contribution >= 0.6 is 15.9 Å². The van der Waals surface area contributed by atoms with Crippen LogP contribution in [-0.2, 0) is 0 Å². The molecular formula is C14H17BrN4. The van der Waals surface area contributed by atoms with Crippen molar-refractivity contribution in [1.29, 1.82) is 0 Å². The second-order valence-electron chi connectivity index (χ2n) is 4.28. The van der Waals surface area contributed by atoms with Crippen molar-refractivity contribution in [3.63, 3.8) is 0 Å². The van der Waals surface area contributed by atoms with Crippen LogP contribution in [-0.4, -0.2) is 16.5 Å². The molecule has 1 aromatic heterocycles. The lowest BCUT2D eigenvalue weighted by atomic mass is 10.3. The average Bonchev–Trinajstić information content (AvgIpc) is 2.35. The van der Waals surface area contributed by atoms with Gasteiger partial charge in [0.05, 0.1) is 0 Å². The van der Waals surface area contributed by atoms with Crippen molar-refractivity contribution in [3.8, 4) is 0 Å². The molecule has 1 aromatic carbocycles. The molecule has 0 bridgehead atoms. The molecule has 0 atom stereocenters. The van der Waals surface area contributed by atoms with Gasteiger partial charge in [-0.3, -0.25) is 0 Å². The Morgan fingerprint density at radius 1 is 1.21 bits per heavy atom. The van der Waals surface area contributed by atoms with Crippen LogP contribution in [0, 0.1) is 6.92 Å². The Labute approximate surface area is 121 Å². The van der Waals surface area contributed by atoms with Crippen molar-refractivity contribution in [1.82, 2.24) is 9.97 Å². The lowest BCUT2D eigenvalue weighted by molar-refractivity contribution is 0.962. The van der Waals surface area contributed by atoms with Crippen LogP contribution in [0.4, 0.5) is 17.5 Å². The van der Waals surface area contributed by atoms with E-state index < -0.39 is 0 Å². The van der Waals surface area contributed by atoms with E-state index in [0.717, 1.165) is 34.6 Å². The van der Waals surface area contributed by atoms with Gasteiger partial charge in [0.2, 0.25) is 5.95 Å². The summed E-state index contributed by atoms with van der Waals surface area (Å²) in [5.74, 6) is 1.46. The summed E-state index contributed by atoms with van der Waals surface area (Å²) in [7, 11) is 0.